The summed E-state index contributed by atoms with van der Waals surface area (Å²) in [5, 5.41) is 16.0. The fourth-order valence-electron chi connectivity index (χ4n) is 4.52. The van der Waals surface area contributed by atoms with Gasteiger partial charge in [-0.25, -0.2) is 4.79 Å². The zero-order valence-corrected chi connectivity index (χ0v) is 18.6. The number of ether oxygens (including phenoxy) is 1. The molecule has 0 atom stereocenters. The number of amides is 2. The number of fused-ring (bicyclic) bond motifs is 3. The van der Waals surface area contributed by atoms with E-state index in [2.05, 4.69) is 22.5 Å². The molecule has 34 heavy (non-hydrogen) atoms. The van der Waals surface area contributed by atoms with Crippen molar-refractivity contribution in [2.24, 2.45) is 7.05 Å². The van der Waals surface area contributed by atoms with Crippen LogP contribution in [0.25, 0.3) is 11.1 Å². The number of hydrogen-bond donors (Lipinski definition) is 2. The second-order valence-electron chi connectivity index (χ2n) is 8.57. The molecule has 174 valence electrons. The minimum absolute atomic E-state index is 0.0100. The maximum Gasteiger partial charge on any atom is 0.411 e. The Morgan fingerprint density at radius 3 is 2.29 bits per heavy atom. The van der Waals surface area contributed by atoms with Crippen molar-refractivity contribution in [2.75, 3.05) is 18.5 Å². The van der Waals surface area contributed by atoms with Crippen LogP contribution in [0.4, 0.5) is 10.5 Å². The van der Waals surface area contributed by atoms with E-state index in [1.54, 1.807) is 7.05 Å². The lowest BCUT2D eigenvalue weighted by Crippen LogP contribution is -2.38. The first-order valence-corrected chi connectivity index (χ1v) is 11.1. The minimum Gasteiger partial charge on any atom is -0.480 e. The maximum atomic E-state index is 13.0. The summed E-state index contributed by atoms with van der Waals surface area (Å²) in [7, 11) is 1.62. The van der Waals surface area contributed by atoms with Gasteiger partial charge in [0.2, 0.25) is 0 Å². The molecule has 1 aromatic heterocycles. The third-order valence-electron chi connectivity index (χ3n) is 6.17. The van der Waals surface area contributed by atoms with Crippen LogP contribution in [0.3, 0.4) is 0 Å². The van der Waals surface area contributed by atoms with Crippen LogP contribution in [0.15, 0.2) is 54.7 Å². The molecule has 1 saturated carbocycles. The lowest BCUT2D eigenvalue weighted by atomic mass is 9.98. The number of aliphatic carboxylic acids is 1. The summed E-state index contributed by atoms with van der Waals surface area (Å²) in [6, 6.07) is 16.0. The fraction of sp³-hybridized carbons (Fsp3) is 0.280. The Kier molecular flexibility index (Phi) is 5.53. The van der Waals surface area contributed by atoms with Crippen LogP contribution in [-0.4, -0.2) is 57.0 Å². The van der Waals surface area contributed by atoms with Gasteiger partial charge in [0.05, 0.1) is 5.69 Å². The SMILES string of the molecule is Cn1cc(NC(=O)OCC2c3ccccc3-c3ccccc32)c(C(=O)N(CC(=O)O)C2CC2)n1. The Bertz CT molecular complexity index is 1230. The summed E-state index contributed by atoms with van der Waals surface area (Å²) in [4.78, 5) is 38.2. The summed E-state index contributed by atoms with van der Waals surface area (Å²) in [6.07, 6.45) is 2.29. The van der Waals surface area contributed by atoms with Crippen LogP contribution in [0.2, 0.25) is 0 Å². The number of nitrogens with zero attached hydrogens (tertiary/aromatic N) is 3. The molecule has 2 amide bonds. The summed E-state index contributed by atoms with van der Waals surface area (Å²) in [5.74, 6) is -1.71. The molecular weight excluding hydrogens is 436 g/mol. The van der Waals surface area contributed by atoms with Gasteiger partial charge < -0.3 is 14.7 Å². The van der Waals surface area contributed by atoms with Crippen molar-refractivity contribution in [2.45, 2.75) is 24.8 Å². The Morgan fingerprint density at radius 2 is 1.71 bits per heavy atom. The lowest BCUT2D eigenvalue weighted by molar-refractivity contribution is -0.137. The van der Waals surface area contributed by atoms with Gasteiger partial charge in [-0.15, -0.1) is 0 Å². The van der Waals surface area contributed by atoms with Gasteiger partial charge >= 0.3 is 12.1 Å². The topological polar surface area (TPSA) is 114 Å². The molecular formula is C25H24N4O5. The van der Waals surface area contributed by atoms with Gasteiger partial charge in [-0.3, -0.25) is 19.6 Å². The van der Waals surface area contributed by atoms with E-state index in [1.165, 1.54) is 15.8 Å². The number of rotatable bonds is 7. The van der Waals surface area contributed by atoms with E-state index in [9.17, 15) is 19.5 Å². The van der Waals surface area contributed by atoms with Crippen LogP contribution >= 0.6 is 0 Å². The van der Waals surface area contributed by atoms with Gasteiger partial charge in [0.25, 0.3) is 5.91 Å². The number of nitrogens with one attached hydrogen (secondary N) is 1. The molecule has 2 aromatic carbocycles. The molecule has 2 aliphatic rings. The zero-order chi connectivity index (χ0) is 23.8. The van der Waals surface area contributed by atoms with Gasteiger partial charge in [-0.1, -0.05) is 48.5 Å². The average molecular weight is 460 g/mol. The van der Waals surface area contributed by atoms with Gasteiger partial charge in [-0.2, -0.15) is 5.10 Å². The van der Waals surface area contributed by atoms with Crippen molar-refractivity contribution in [3.8, 4) is 11.1 Å². The first kappa shape index (κ1) is 21.7. The summed E-state index contributed by atoms with van der Waals surface area (Å²) >= 11 is 0. The molecule has 0 spiro atoms. The number of anilines is 1. The highest BCUT2D eigenvalue weighted by Crippen LogP contribution is 2.44. The summed E-state index contributed by atoms with van der Waals surface area (Å²) < 4.78 is 6.97. The Hall–Kier alpha value is -4.14. The van der Waals surface area contributed by atoms with Crippen molar-refractivity contribution < 1.29 is 24.2 Å². The molecule has 2 N–H and O–H groups in total. The van der Waals surface area contributed by atoms with E-state index in [1.807, 2.05) is 36.4 Å². The third-order valence-corrected chi connectivity index (χ3v) is 6.17. The van der Waals surface area contributed by atoms with Crippen LogP contribution in [0.5, 0.6) is 0 Å². The fourth-order valence-corrected chi connectivity index (χ4v) is 4.52. The predicted octanol–water partition coefficient (Wildman–Crippen LogP) is 3.47. The van der Waals surface area contributed by atoms with Crippen molar-refractivity contribution in [1.29, 1.82) is 0 Å². The Balaban J connectivity index is 1.30. The molecule has 9 heteroatoms. The molecule has 0 bridgehead atoms. The van der Waals surface area contributed by atoms with Gasteiger partial charge in [0, 0.05) is 25.2 Å². The molecule has 9 nitrogen and oxygen atoms in total. The highest BCUT2D eigenvalue weighted by atomic mass is 16.5. The smallest absolute Gasteiger partial charge is 0.411 e. The number of carbonyl (C=O) groups is 3. The first-order chi connectivity index (χ1) is 16.4. The van der Waals surface area contributed by atoms with E-state index >= 15 is 0 Å². The van der Waals surface area contributed by atoms with Gasteiger partial charge in [-0.05, 0) is 35.1 Å². The molecule has 2 aliphatic carbocycles. The molecule has 0 unspecified atom stereocenters. The number of carboxylic acids is 1. The average Bonchev–Trinajstić information content (AvgIpc) is 3.53. The number of aryl methyl sites for hydroxylation is 1. The Morgan fingerprint density at radius 1 is 1.09 bits per heavy atom. The van der Waals surface area contributed by atoms with Gasteiger partial charge in [0.15, 0.2) is 5.69 Å². The van der Waals surface area contributed by atoms with Crippen molar-refractivity contribution in [3.63, 3.8) is 0 Å². The summed E-state index contributed by atoms with van der Waals surface area (Å²) in [5.41, 5.74) is 4.63. The van der Waals surface area contributed by atoms with Crippen molar-refractivity contribution >= 4 is 23.7 Å². The van der Waals surface area contributed by atoms with E-state index in [0.29, 0.717) is 0 Å². The monoisotopic (exact) mass is 460 g/mol. The number of carboxylic acid groups (broad SMARTS) is 1. The van der Waals surface area contributed by atoms with Crippen LogP contribution < -0.4 is 5.32 Å². The minimum atomic E-state index is -1.10. The zero-order valence-electron chi connectivity index (χ0n) is 18.6. The van der Waals surface area contributed by atoms with Crippen LogP contribution in [0, 0.1) is 0 Å². The van der Waals surface area contributed by atoms with E-state index in [-0.39, 0.29) is 29.9 Å². The number of hydrogen-bond acceptors (Lipinski definition) is 5. The van der Waals surface area contributed by atoms with Crippen molar-refractivity contribution in [3.05, 3.63) is 71.5 Å². The van der Waals surface area contributed by atoms with E-state index in [0.717, 1.165) is 35.1 Å². The second-order valence-corrected chi connectivity index (χ2v) is 8.57. The Labute approximate surface area is 195 Å². The van der Waals surface area contributed by atoms with E-state index < -0.39 is 24.5 Å². The molecule has 0 aliphatic heterocycles. The van der Waals surface area contributed by atoms with Crippen LogP contribution in [0.1, 0.15) is 40.4 Å². The molecule has 0 saturated heterocycles. The van der Waals surface area contributed by atoms with Gasteiger partial charge in [0.1, 0.15) is 13.2 Å². The second kappa shape index (κ2) is 8.66. The lowest BCUT2D eigenvalue weighted by Gasteiger charge is -2.19. The maximum absolute atomic E-state index is 13.0. The first-order valence-electron chi connectivity index (χ1n) is 11.1. The van der Waals surface area contributed by atoms with Crippen molar-refractivity contribution in [1.82, 2.24) is 14.7 Å². The highest BCUT2D eigenvalue weighted by Gasteiger charge is 2.36. The molecule has 0 radical (unpaired) electrons. The highest BCUT2D eigenvalue weighted by molar-refractivity contribution is 6.02. The van der Waals surface area contributed by atoms with Crippen LogP contribution in [-0.2, 0) is 16.6 Å². The quantitative estimate of drug-likeness (QED) is 0.558. The summed E-state index contributed by atoms with van der Waals surface area (Å²) in [6.45, 7) is -0.277. The number of aromatic nitrogens is 2. The molecule has 3 aromatic rings. The molecule has 1 fully saturated rings. The third kappa shape index (κ3) is 4.12. The molecule has 1 heterocycles. The van der Waals surface area contributed by atoms with E-state index in [4.69, 9.17) is 4.74 Å². The largest absolute Gasteiger partial charge is 0.480 e. The molecule has 5 rings (SSSR count). The predicted molar refractivity (Wildman–Crippen MR) is 124 cm³/mol. The number of carbonyl (C=O) groups excluding carboxylic acids is 2. The standard InChI is InChI=1S/C25H24N4O5/c1-28-12-21(23(27-28)24(32)29(13-22(30)31)15-10-11-15)26-25(33)34-14-20-18-8-4-2-6-16(18)17-7-3-5-9-19(17)20/h2-9,12,15,20H,10-11,13-14H2,1H3,(H,26,33)(H,30,31). The number of benzene rings is 2. The normalized spacial score (nSPS) is 14.3.